The number of halogens is 2. The molecular formula is C9H20Cl2N2. The van der Waals surface area contributed by atoms with Crippen molar-refractivity contribution in [1.29, 1.82) is 0 Å². The first-order valence-corrected chi connectivity index (χ1v) is 4.83. The van der Waals surface area contributed by atoms with Crippen LogP contribution in [0.25, 0.3) is 0 Å². The lowest BCUT2D eigenvalue weighted by Crippen LogP contribution is -2.54. The van der Waals surface area contributed by atoms with Crippen LogP contribution in [0.4, 0.5) is 0 Å². The summed E-state index contributed by atoms with van der Waals surface area (Å²) in [4.78, 5) is 2.66. The van der Waals surface area contributed by atoms with Crippen LogP contribution in [0.3, 0.4) is 0 Å². The number of hydrogen-bond donors (Lipinski definition) is 1. The second kappa shape index (κ2) is 6.07. The molecule has 4 heteroatoms. The Balaban J connectivity index is 0.000000720. The van der Waals surface area contributed by atoms with E-state index in [0.29, 0.717) is 6.04 Å². The number of piperazine rings is 1. The highest BCUT2D eigenvalue weighted by atomic mass is 35.5. The van der Waals surface area contributed by atoms with E-state index in [1.54, 1.807) is 0 Å². The fraction of sp³-hybridized carbons (Fsp3) is 1.00. The standard InChI is InChI=1S/C9H18N2.2ClH/c1-8-7-11(6-5-10-8)9-3-2-4-9;;/h8-10H,2-7H2,1H3;2*1H. The predicted molar refractivity (Wildman–Crippen MR) is 61.2 cm³/mol. The first-order valence-electron chi connectivity index (χ1n) is 4.83. The highest BCUT2D eigenvalue weighted by Gasteiger charge is 2.27. The SMILES string of the molecule is CC1CN(C2CCC2)CCN1.Cl.Cl. The molecule has 0 amide bonds. The topological polar surface area (TPSA) is 15.3 Å². The van der Waals surface area contributed by atoms with Gasteiger partial charge in [0.05, 0.1) is 0 Å². The van der Waals surface area contributed by atoms with E-state index >= 15 is 0 Å². The smallest absolute Gasteiger partial charge is 0.0167 e. The molecular weight excluding hydrogens is 207 g/mol. The minimum atomic E-state index is 0. The van der Waals surface area contributed by atoms with Crippen molar-refractivity contribution < 1.29 is 0 Å². The van der Waals surface area contributed by atoms with Crippen LogP contribution >= 0.6 is 24.8 Å². The first kappa shape index (κ1) is 13.5. The van der Waals surface area contributed by atoms with Crippen molar-refractivity contribution >= 4 is 24.8 Å². The van der Waals surface area contributed by atoms with Crippen molar-refractivity contribution in [3.63, 3.8) is 0 Å². The van der Waals surface area contributed by atoms with E-state index in [9.17, 15) is 0 Å². The highest BCUT2D eigenvalue weighted by molar-refractivity contribution is 5.85. The lowest BCUT2D eigenvalue weighted by molar-refractivity contribution is 0.0956. The summed E-state index contributed by atoms with van der Waals surface area (Å²) >= 11 is 0. The number of hydrogen-bond acceptors (Lipinski definition) is 2. The van der Waals surface area contributed by atoms with E-state index in [0.717, 1.165) is 6.04 Å². The van der Waals surface area contributed by atoms with Gasteiger partial charge in [-0.1, -0.05) is 6.42 Å². The molecule has 1 aliphatic carbocycles. The Morgan fingerprint density at radius 1 is 1.23 bits per heavy atom. The zero-order valence-electron chi connectivity index (χ0n) is 8.16. The van der Waals surface area contributed by atoms with Crippen molar-refractivity contribution in [1.82, 2.24) is 10.2 Å². The third kappa shape index (κ3) is 3.28. The van der Waals surface area contributed by atoms with Crippen LogP contribution in [0.1, 0.15) is 26.2 Å². The van der Waals surface area contributed by atoms with Gasteiger partial charge in [-0.2, -0.15) is 0 Å². The molecule has 1 heterocycles. The van der Waals surface area contributed by atoms with Crippen LogP contribution in [0.5, 0.6) is 0 Å². The molecule has 2 aliphatic rings. The largest absolute Gasteiger partial charge is 0.312 e. The van der Waals surface area contributed by atoms with E-state index in [1.807, 2.05) is 0 Å². The second-order valence-corrected chi connectivity index (χ2v) is 3.93. The maximum atomic E-state index is 3.47. The van der Waals surface area contributed by atoms with Crippen molar-refractivity contribution in [3.8, 4) is 0 Å². The summed E-state index contributed by atoms with van der Waals surface area (Å²) in [5, 5.41) is 3.47. The molecule has 13 heavy (non-hydrogen) atoms. The predicted octanol–water partition coefficient (Wildman–Crippen LogP) is 1.68. The van der Waals surface area contributed by atoms with Gasteiger partial charge in [0.25, 0.3) is 0 Å². The highest BCUT2D eigenvalue weighted by Crippen LogP contribution is 2.25. The van der Waals surface area contributed by atoms with E-state index in [1.165, 1.54) is 38.9 Å². The summed E-state index contributed by atoms with van der Waals surface area (Å²) in [6, 6.07) is 1.66. The van der Waals surface area contributed by atoms with Gasteiger partial charge < -0.3 is 5.32 Å². The van der Waals surface area contributed by atoms with Gasteiger partial charge in [-0.15, -0.1) is 24.8 Å². The summed E-state index contributed by atoms with van der Waals surface area (Å²) in [5.41, 5.74) is 0. The lowest BCUT2D eigenvalue weighted by Gasteiger charge is -2.42. The molecule has 0 aromatic carbocycles. The Hall–Kier alpha value is 0.500. The summed E-state index contributed by atoms with van der Waals surface area (Å²) in [5.74, 6) is 0. The molecule has 1 unspecified atom stereocenters. The van der Waals surface area contributed by atoms with Crippen molar-refractivity contribution in [3.05, 3.63) is 0 Å². The van der Waals surface area contributed by atoms with Gasteiger partial charge in [-0.05, 0) is 19.8 Å². The van der Waals surface area contributed by atoms with Crippen molar-refractivity contribution in [2.75, 3.05) is 19.6 Å². The van der Waals surface area contributed by atoms with E-state index in [2.05, 4.69) is 17.1 Å². The van der Waals surface area contributed by atoms with Gasteiger partial charge in [0.15, 0.2) is 0 Å². The monoisotopic (exact) mass is 226 g/mol. The second-order valence-electron chi connectivity index (χ2n) is 3.93. The number of nitrogens with zero attached hydrogens (tertiary/aromatic N) is 1. The molecule has 1 atom stereocenters. The van der Waals surface area contributed by atoms with Crippen LogP contribution in [0.15, 0.2) is 0 Å². The van der Waals surface area contributed by atoms with Crippen LogP contribution < -0.4 is 5.32 Å². The molecule has 1 N–H and O–H groups in total. The lowest BCUT2D eigenvalue weighted by atomic mass is 9.91. The maximum absolute atomic E-state index is 3.47. The average molecular weight is 227 g/mol. The Bertz CT molecular complexity index is 140. The maximum Gasteiger partial charge on any atom is 0.0167 e. The quantitative estimate of drug-likeness (QED) is 0.733. The zero-order chi connectivity index (χ0) is 7.68. The Morgan fingerprint density at radius 3 is 2.38 bits per heavy atom. The summed E-state index contributed by atoms with van der Waals surface area (Å²) < 4.78 is 0. The van der Waals surface area contributed by atoms with Gasteiger partial charge in [-0.25, -0.2) is 0 Å². The zero-order valence-corrected chi connectivity index (χ0v) is 9.79. The molecule has 0 aromatic rings. The van der Waals surface area contributed by atoms with Crippen molar-refractivity contribution in [2.45, 2.75) is 38.3 Å². The summed E-state index contributed by atoms with van der Waals surface area (Å²) in [6.45, 7) is 6.02. The van der Waals surface area contributed by atoms with Gasteiger partial charge in [0, 0.05) is 31.7 Å². The molecule has 0 spiro atoms. The molecule has 0 bridgehead atoms. The summed E-state index contributed by atoms with van der Waals surface area (Å²) in [7, 11) is 0. The summed E-state index contributed by atoms with van der Waals surface area (Å²) in [6.07, 6.45) is 4.36. The van der Waals surface area contributed by atoms with E-state index < -0.39 is 0 Å². The molecule has 2 fully saturated rings. The minimum absolute atomic E-state index is 0. The van der Waals surface area contributed by atoms with Crippen LogP contribution in [-0.4, -0.2) is 36.6 Å². The molecule has 80 valence electrons. The van der Waals surface area contributed by atoms with E-state index in [4.69, 9.17) is 0 Å². The van der Waals surface area contributed by atoms with Gasteiger partial charge in [-0.3, -0.25) is 4.90 Å². The van der Waals surface area contributed by atoms with E-state index in [-0.39, 0.29) is 24.8 Å². The normalized spacial score (nSPS) is 29.8. The van der Waals surface area contributed by atoms with Crippen molar-refractivity contribution in [2.24, 2.45) is 0 Å². The van der Waals surface area contributed by atoms with Gasteiger partial charge in [0.1, 0.15) is 0 Å². The first-order chi connectivity index (χ1) is 5.36. The number of rotatable bonds is 1. The fourth-order valence-electron chi connectivity index (χ4n) is 2.05. The van der Waals surface area contributed by atoms with Crippen LogP contribution in [0, 0.1) is 0 Å². The minimum Gasteiger partial charge on any atom is -0.312 e. The molecule has 0 radical (unpaired) electrons. The fourth-order valence-corrected chi connectivity index (χ4v) is 2.05. The number of nitrogens with one attached hydrogen (secondary N) is 1. The van der Waals surface area contributed by atoms with Crippen LogP contribution in [0.2, 0.25) is 0 Å². The molecule has 2 rings (SSSR count). The molecule has 1 saturated heterocycles. The molecule has 2 nitrogen and oxygen atoms in total. The molecule has 1 aliphatic heterocycles. The third-order valence-corrected chi connectivity index (χ3v) is 2.99. The molecule has 1 saturated carbocycles. The Kier molecular flexibility index (Phi) is 6.31. The average Bonchev–Trinajstić information content (AvgIpc) is 1.83. The van der Waals surface area contributed by atoms with Gasteiger partial charge in [0.2, 0.25) is 0 Å². The Morgan fingerprint density at radius 2 is 1.92 bits per heavy atom. The third-order valence-electron chi connectivity index (χ3n) is 2.99. The van der Waals surface area contributed by atoms with Crippen LogP contribution in [-0.2, 0) is 0 Å². The molecule has 0 aromatic heterocycles. The Labute approximate surface area is 93.3 Å². The van der Waals surface area contributed by atoms with Gasteiger partial charge >= 0.3 is 0 Å².